The van der Waals surface area contributed by atoms with Crippen molar-refractivity contribution in [3.63, 3.8) is 0 Å². The fourth-order valence-electron chi connectivity index (χ4n) is 10.1. The van der Waals surface area contributed by atoms with Gasteiger partial charge < -0.3 is 0 Å². The number of fused-ring (bicyclic) bond motifs is 5. The summed E-state index contributed by atoms with van der Waals surface area (Å²) in [6.45, 7) is 13.5. The largest absolute Gasteiger partial charge is 0.250 e. The molecule has 5 rings (SSSR count). The molecule has 9 atom stereocenters. The molecule has 0 aliphatic heterocycles. The van der Waals surface area contributed by atoms with Gasteiger partial charge in [-0.3, -0.25) is 4.68 Å². The second-order valence-corrected chi connectivity index (χ2v) is 13.1. The van der Waals surface area contributed by atoms with Gasteiger partial charge in [0.25, 0.3) is 0 Å². The quantitative estimate of drug-likeness (QED) is 0.471. The highest BCUT2D eigenvalue weighted by molar-refractivity contribution is 5.08. The Balaban J connectivity index is 1.34. The maximum Gasteiger partial charge on any atom is 0.138 e. The van der Waals surface area contributed by atoms with E-state index in [1.807, 2.05) is 0 Å². The summed E-state index contributed by atoms with van der Waals surface area (Å²) in [4.78, 5) is 4.38. The molecule has 1 heterocycles. The molecule has 1 aromatic rings. The van der Waals surface area contributed by atoms with Crippen molar-refractivity contribution >= 4 is 0 Å². The van der Waals surface area contributed by atoms with Crippen LogP contribution in [0.15, 0.2) is 6.33 Å². The van der Waals surface area contributed by atoms with Gasteiger partial charge in [0.15, 0.2) is 0 Å². The lowest BCUT2D eigenvalue weighted by Crippen LogP contribution is -2.57. The van der Waals surface area contributed by atoms with Crippen molar-refractivity contribution in [1.29, 1.82) is 0 Å². The maximum absolute atomic E-state index is 4.52. The highest BCUT2D eigenvalue weighted by Crippen LogP contribution is 2.67. The van der Waals surface area contributed by atoms with Crippen LogP contribution in [0.25, 0.3) is 0 Å². The average molecular weight is 440 g/mol. The van der Waals surface area contributed by atoms with Crippen molar-refractivity contribution in [2.75, 3.05) is 0 Å². The molecule has 4 aliphatic rings. The lowest BCUT2D eigenvalue weighted by molar-refractivity contribution is -0.153. The molecule has 0 radical (unpaired) electrons. The highest BCUT2D eigenvalue weighted by atomic mass is 15.3. The molecule has 4 aliphatic carbocycles. The third-order valence-electron chi connectivity index (χ3n) is 11.7. The fraction of sp³-hybridized carbons (Fsp3) is 0.931. The molecule has 0 saturated heterocycles. The van der Waals surface area contributed by atoms with E-state index in [1.54, 1.807) is 12.7 Å². The second kappa shape index (κ2) is 8.73. The minimum atomic E-state index is 0.538. The fourth-order valence-corrected chi connectivity index (χ4v) is 10.1. The van der Waals surface area contributed by atoms with Crippen LogP contribution in [-0.4, -0.2) is 14.8 Å². The number of nitrogens with zero attached hydrogens (tertiary/aromatic N) is 3. The van der Waals surface area contributed by atoms with Gasteiger partial charge in [-0.25, -0.2) is 4.98 Å². The molecule has 3 nitrogen and oxygen atoms in total. The Morgan fingerprint density at radius 3 is 2.56 bits per heavy atom. The van der Waals surface area contributed by atoms with Gasteiger partial charge in [-0.2, -0.15) is 5.10 Å². The van der Waals surface area contributed by atoms with Crippen molar-refractivity contribution < 1.29 is 0 Å². The highest BCUT2D eigenvalue weighted by Gasteiger charge is 2.59. The summed E-state index contributed by atoms with van der Waals surface area (Å²) in [6, 6.07) is 0. The first-order valence-electron chi connectivity index (χ1n) is 14.2. The third-order valence-corrected chi connectivity index (χ3v) is 11.7. The Morgan fingerprint density at radius 1 is 1.03 bits per heavy atom. The number of aromatic nitrogens is 3. The Bertz CT molecular complexity index is 785. The Hall–Kier alpha value is -0.860. The average Bonchev–Trinajstić information content (AvgIpc) is 3.17. The third kappa shape index (κ3) is 3.68. The van der Waals surface area contributed by atoms with Gasteiger partial charge in [-0.1, -0.05) is 47.0 Å². The molecule has 0 aromatic carbocycles. The van der Waals surface area contributed by atoms with Crippen LogP contribution in [-0.2, 0) is 6.54 Å². The topological polar surface area (TPSA) is 30.7 Å². The van der Waals surface area contributed by atoms with E-state index in [-0.39, 0.29) is 0 Å². The van der Waals surface area contributed by atoms with Crippen LogP contribution in [0.1, 0.15) is 111 Å². The predicted octanol–water partition coefficient (Wildman–Crippen LogP) is 7.69. The number of aryl methyl sites for hydroxylation is 1. The van der Waals surface area contributed by atoms with E-state index in [0.717, 1.165) is 47.9 Å². The molecular weight excluding hydrogens is 390 g/mol. The van der Waals surface area contributed by atoms with Crippen molar-refractivity contribution in [1.82, 2.24) is 14.8 Å². The van der Waals surface area contributed by atoms with Gasteiger partial charge in [-0.05, 0) is 117 Å². The molecule has 4 unspecified atom stereocenters. The van der Waals surface area contributed by atoms with Gasteiger partial charge >= 0.3 is 0 Å². The van der Waals surface area contributed by atoms with Gasteiger partial charge in [0.2, 0.25) is 0 Å². The molecule has 32 heavy (non-hydrogen) atoms. The normalized spacial score (nSPS) is 44.9. The van der Waals surface area contributed by atoms with Crippen LogP contribution in [0.2, 0.25) is 0 Å². The maximum atomic E-state index is 4.52. The van der Waals surface area contributed by atoms with Gasteiger partial charge in [-0.15, -0.1) is 0 Å². The zero-order valence-corrected chi connectivity index (χ0v) is 21.7. The standard InChI is InChI=1S/C29H49N3/c1-6-8-22-13-15-28(4)23(17-22)11-12-24-26-10-7-9-25(29(26,5)16-14-27(24)28)20(2)18-32-21(3)30-19-31-32/h19-20,22-27H,6-18H2,1-5H3/t20-,22-,23?,24-,25?,26?,27?,28-,29+/m0/s1. The molecule has 0 N–H and O–H groups in total. The van der Waals surface area contributed by atoms with Gasteiger partial charge in [0.1, 0.15) is 12.2 Å². The summed E-state index contributed by atoms with van der Waals surface area (Å²) < 4.78 is 2.16. The van der Waals surface area contributed by atoms with E-state index in [2.05, 4.69) is 49.4 Å². The minimum absolute atomic E-state index is 0.538. The van der Waals surface area contributed by atoms with Crippen molar-refractivity contribution in [3.8, 4) is 0 Å². The molecule has 180 valence electrons. The van der Waals surface area contributed by atoms with Crippen LogP contribution in [0.5, 0.6) is 0 Å². The van der Waals surface area contributed by atoms with E-state index in [1.165, 1.54) is 70.6 Å². The molecular formula is C29H49N3. The zero-order valence-electron chi connectivity index (χ0n) is 21.7. The molecule has 0 bridgehead atoms. The summed E-state index contributed by atoms with van der Waals surface area (Å²) >= 11 is 0. The van der Waals surface area contributed by atoms with E-state index >= 15 is 0 Å². The smallest absolute Gasteiger partial charge is 0.138 e. The summed E-state index contributed by atoms with van der Waals surface area (Å²) in [6.07, 6.45) is 19.6. The van der Waals surface area contributed by atoms with Crippen molar-refractivity contribution in [2.24, 2.45) is 52.3 Å². The summed E-state index contributed by atoms with van der Waals surface area (Å²) in [7, 11) is 0. The first kappa shape index (κ1) is 22.9. The monoisotopic (exact) mass is 439 g/mol. The van der Waals surface area contributed by atoms with Crippen LogP contribution < -0.4 is 0 Å². The first-order valence-corrected chi connectivity index (χ1v) is 14.2. The van der Waals surface area contributed by atoms with Crippen LogP contribution in [0.4, 0.5) is 0 Å². The van der Waals surface area contributed by atoms with E-state index in [0.29, 0.717) is 16.7 Å². The van der Waals surface area contributed by atoms with E-state index in [4.69, 9.17) is 0 Å². The molecule has 0 spiro atoms. The summed E-state index contributed by atoms with van der Waals surface area (Å²) in [5.41, 5.74) is 1.18. The van der Waals surface area contributed by atoms with Crippen LogP contribution in [0.3, 0.4) is 0 Å². The SMILES string of the molecule is CCC[C@H]1CC[C@@]2(C)C(CC[C@@H]3C2CC[C@@]2(C)C3CCCC2[C@@H](C)Cn2ncnc2C)C1. The lowest BCUT2D eigenvalue weighted by atomic mass is 9.41. The van der Waals surface area contributed by atoms with Crippen LogP contribution in [0, 0.1) is 59.2 Å². The summed E-state index contributed by atoms with van der Waals surface area (Å²) in [5.74, 6) is 7.63. The van der Waals surface area contributed by atoms with Crippen LogP contribution >= 0.6 is 0 Å². The van der Waals surface area contributed by atoms with Gasteiger partial charge in [0, 0.05) is 6.54 Å². The first-order chi connectivity index (χ1) is 15.4. The van der Waals surface area contributed by atoms with Gasteiger partial charge in [0.05, 0.1) is 0 Å². The van der Waals surface area contributed by atoms with E-state index in [9.17, 15) is 0 Å². The number of hydrogen-bond acceptors (Lipinski definition) is 2. The molecule has 1 aromatic heterocycles. The predicted molar refractivity (Wildman–Crippen MR) is 132 cm³/mol. The Labute approximate surface area is 197 Å². The number of rotatable bonds is 5. The van der Waals surface area contributed by atoms with Crippen molar-refractivity contribution in [3.05, 3.63) is 12.2 Å². The molecule has 0 amide bonds. The molecule has 3 heteroatoms. The molecule has 4 fully saturated rings. The minimum Gasteiger partial charge on any atom is -0.250 e. The Morgan fingerprint density at radius 2 is 1.81 bits per heavy atom. The summed E-state index contributed by atoms with van der Waals surface area (Å²) in [5, 5.41) is 4.52. The Kier molecular flexibility index (Phi) is 6.25. The van der Waals surface area contributed by atoms with Crippen molar-refractivity contribution in [2.45, 2.75) is 118 Å². The molecule has 4 saturated carbocycles. The second-order valence-electron chi connectivity index (χ2n) is 13.1. The van der Waals surface area contributed by atoms with E-state index < -0.39 is 0 Å². The zero-order chi connectivity index (χ0) is 22.5. The lowest BCUT2D eigenvalue weighted by Gasteiger charge is -2.64. The number of hydrogen-bond donors (Lipinski definition) is 0.